The molecular weight excluding hydrogens is 268 g/mol. The monoisotopic (exact) mass is 282 g/mol. The maximum atomic E-state index is 12.1. The maximum absolute atomic E-state index is 12.1. The van der Waals surface area contributed by atoms with Crippen LogP contribution in [0.2, 0.25) is 0 Å². The molecular formula is C17H14O4. The van der Waals surface area contributed by atoms with Crippen LogP contribution in [0.25, 0.3) is 22.1 Å². The summed E-state index contributed by atoms with van der Waals surface area (Å²) >= 11 is 0. The van der Waals surface area contributed by atoms with Gasteiger partial charge in [0.1, 0.15) is 17.3 Å². The standard InChI is InChI=1S/C17H14O4/c1-19-13-6-3-11(4-7-13)16-9-12-5-8-14(20-2)10-15(12)17(18)21-16/h3-10H,1-2H3. The number of benzene rings is 2. The molecule has 0 spiro atoms. The Morgan fingerprint density at radius 2 is 1.52 bits per heavy atom. The molecule has 1 aromatic heterocycles. The molecule has 0 saturated heterocycles. The third kappa shape index (κ3) is 2.48. The van der Waals surface area contributed by atoms with Crippen LogP contribution in [-0.2, 0) is 0 Å². The van der Waals surface area contributed by atoms with E-state index >= 15 is 0 Å². The Morgan fingerprint density at radius 1 is 0.857 bits per heavy atom. The molecule has 3 rings (SSSR count). The van der Waals surface area contributed by atoms with Gasteiger partial charge in [-0.25, -0.2) is 4.79 Å². The van der Waals surface area contributed by atoms with Crippen LogP contribution in [0.15, 0.2) is 57.7 Å². The Bertz CT molecular complexity index is 832. The normalized spacial score (nSPS) is 10.6. The predicted molar refractivity (Wildman–Crippen MR) is 81.0 cm³/mol. The summed E-state index contributed by atoms with van der Waals surface area (Å²) in [6, 6.07) is 14.6. The summed E-state index contributed by atoms with van der Waals surface area (Å²) in [7, 11) is 3.17. The van der Waals surface area contributed by atoms with Gasteiger partial charge >= 0.3 is 5.63 Å². The minimum Gasteiger partial charge on any atom is -0.497 e. The van der Waals surface area contributed by atoms with E-state index in [0.29, 0.717) is 16.9 Å². The third-order valence-electron chi connectivity index (χ3n) is 3.34. The highest BCUT2D eigenvalue weighted by molar-refractivity contribution is 5.85. The molecule has 21 heavy (non-hydrogen) atoms. The van der Waals surface area contributed by atoms with Crippen molar-refractivity contribution in [3.05, 3.63) is 59.0 Å². The lowest BCUT2D eigenvalue weighted by molar-refractivity contribution is 0.414. The van der Waals surface area contributed by atoms with E-state index in [1.165, 1.54) is 0 Å². The molecule has 0 aliphatic rings. The van der Waals surface area contributed by atoms with Gasteiger partial charge in [0.25, 0.3) is 0 Å². The van der Waals surface area contributed by atoms with Gasteiger partial charge in [-0.15, -0.1) is 0 Å². The van der Waals surface area contributed by atoms with Crippen molar-refractivity contribution in [1.82, 2.24) is 0 Å². The quantitative estimate of drug-likeness (QED) is 0.738. The molecule has 0 saturated carbocycles. The molecule has 0 unspecified atom stereocenters. The lowest BCUT2D eigenvalue weighted by Crippen LogP contribution is -2.00. The van der Waals surface area contributed by atoms with Gasteiger partial charge in [0, 0.05) is 5.56 Å². The van der Waals surface area contributed by atoms with Gasteiger partial charge in [-0.05, 0) is 47.9 Å². The van der Waals surface area contributed by atoms with Crippen LogP contribution >= 0.6 is 0 Å². The van der Waals surface area contributed by atoms with Gasteiger partial charge in [0.15, 0.2) is 0 Å². The van der Waals surface area contributed by atoms with Crippen LogP contribution in [0, 0.1) is 0 Å². The van der Waals surface area contributed by atoms with Gasteiger partial charge in [0.05, 0.1) is 19.6 Å². The smallest absolute Gasteiger partial charge is 0.344 e. The lowest BCUT2D eigenvalue weighted by atomic mass is 10.1. The van der Waals surface area contributed by atoms with Crippen LogP contribution < -0.4 is 15.1 Å². The zero-order valence-electron chi connectivity index (χ0n) is 11.8. The van der Waals surface area contributed by atoms with E-state index in [2.05, 4.69) is 0 Å². The van der Waals surface area contributed by atoms with E-state index in [4.69, 9.17) is 13.9 Å². The van der Waals surface area contributed by atoms with E-state index in [9.17, 15) is 4.79 Å². The minimum atomic E-state index is -0.378. The van der Waals surface area contributed by atoms with Gasteiger partial charge in [-0.3, -0.25) is 0 Å². The highest BCUT2D eigenvalue weighted by atomic mass is 16.5. The highest BCUT2D eigenvalue weighted by Gasteiger charge is 2.08. The van der Waals surface area contributed by atoms with Crippen molar-refractivity contribution in [2.75, 3.05) is 14.2 Å². The van der Waals surface area contributed by atoms with E-state index in [1.807, 2.05) is 42.5 Å². The second-order valence-electron chi connectivity index (χ2n) is 4.58. The molecule has 0 aliphatic carbocycles. The van der Waals surface area contributed by atoms with Crippen molar-refractivity contribution < 1.29 is 13.9 Å². The van der Waals surface area contributed by atoms with Crippen LogP contribution in [0.1, 0.15) is 0 Å². The summed E-state index contributed by atoms with van der Waals surface area (Å²) in [5.41, 5.74) is 0.447. The summed E-state index contributed by atoms with van der Waals surface area (Å²) in [4.78, 5) is 12.1. The van der Waals surface area contributed by atoms with E-state index in [0.717, 1.165) is 16.7 Å². The molecule has 0 amide bonds. The second kappa shape index (κ2) is 5.32. The Hall–Kier alpha value is -2.75. The Labute approximate surface area is 121 Å². The van der Waals surface area contributed by atoms with Gasteiger partial charge < -0.3 is 13.9 Å². The Kier molecular flexibility index (Phi) is 3.36. The zero-order chi connectivity index (χ0) is 14.8. The molecule has 0 bridgehead atoms. The Balaban J connectivity index is 2.13. The zero-order valence-corrected chi connectivity index (χ0v) is 11.8. The van der Waals surface area contributed by atoms with E-state index in [1.54, 1.807) is 20.3 Å². The fourth-order valence-corrected chi connectivity index (χ4v) is 2.19. The predicted octanol–water partition coefficient (Wildman–Crippen LogP) is 3.48. The molecule has 4 nitrogen and oxygen atoms in total. The van der Waals surface area contributed by atoms with Gasteiger partial charge in [-0.2, -0.15) is 0 Å². The van der Waals surface area contributed by atoms with E-state index in [-0.39, 0.29) is 5.63 Å². The summed E-state index contributed by atoms with van der Waals surface area (Å²) in [6.45, 7) is 0. The molecule has 0 radical (unpaired) electrons. The minimum absolute atomic E-state index is 0.378. The highest BCUT2D eigenvalue weighted by Crippen LogP contribution is 2.25. The number of fused-ring (bicyclic) bond motifs is 1. The fourth-order valence-electron chi connectivity index (χ4n) is 2.19. The molecule has 1 heterocycles. The molecule has 4 heteroatoms. The van der Waals surface area contributed by atoms with Crippen LogP contribution in [0.4, 0.5) is 0 Å². The first-order chi connectivity index (χ1) is 10.2. The first kappa shape index (κ1) is 13.2. The molecule has 106 valence electrons. The number of hydrogen-bond acceptors (Lipinski definition) is 4. The van der Waals surface area contributed by atoms with Crippen molar-refractivity contribution in [3.63, 3.8) is 0 Å². The fraction of sp³-hybridized carbons (Fsp3) is 0.118. The number of hydrogen-bond donors (Lipinski definition) is 0. The van der Waals surface area contributed by atoms with Crippen molar-refractivity contribution in [2.24, 2.45) is 0 Å². The Morgan fingerprint density at radius 3 is 2.19 bits per heavy atom. The summed E-state index contributed by atoms with van der Waals surface area (Å²) in [5, 5.41) is 1.32. The van der Waals surface area contributed by atoms with E-state index < -0.39 is 0 Å². The summed E-state index contributed by atoms with van der Waals surface area (Å²) in [5.74, 6) is 1.92. The van der Waals surface area contributed by atoms with Gasteiger partial charge in [-0.1, -0.05) is 6.07 Å². The van der Waals surface area contributed by atoms with Crippen molar-refractivity contribution in [3.8, 4) is 22.8 Å². The summed E-state index contributed by atoms with van der Waals surface area (Å²) < 4.78 is 15.6. The summed E-state index contributed by atoms with van der Waals surface area (Å²) in [6.07, 6.45) is 0. The largest absolute Gasteiger partial charge is 0.497 e. The van der Waals surface area contributed by atoms with Crippen LogP contribution in [0.3, 0.4) is 0 Å². The second-order valence-corrected chi connectivity index (χ2v) is 4.58. The first-order valence-corrected chi connectivity index (χ1v) is 6.47. The van der Waals surface area contributed by atoms with Crippen LogP contribution in [0.5, 0.6) is 11.5 Å². The van der Waals surface area contributed by atoms with Crippen molar-refractivity contribution in [2.45, 2.75) is 0 Å². The average molecular weight is 282 g/mol. The number of rotatable bonds is 3. The third-order valence-corrected chi connectivity index (χ3v) is 3.34. The SMILES string of the molecule is COc1ccc(-c2cc3ccc(OC)cc3c(=O)o2)cc1. The molecule has 0 aliphatic heterocycles. The van der Waals surface area contributed by atoms with Gasteiger partial charge in [0.2, 0.25) is 0 Å². The molecule has 2 aromatic carbocycles. The molecule has 0 atom stereocenters. The topological polar surface area (TPSA) is 48.7 Å². The number of ether oxygens (including phenoxy) is 2. The van der Waals surface area contributed by atoms with Crippen LogP contribution in [-0.4, -0.2) is 14.2 Å². The first-order valence-electron chi connectivity index (χ1n) is 6.47. The van der Waals surface area contributed by atoms with Crippen molar-refractivity contribution >= 4 is 10.8 Å². The average Bonchev–Trinajstić information content (AvgIpc) is 2.54. The molecule has 3 aromatic rings. The molecule has 0 fully saturated rings. The number of methoxy groups -OCH3 is 2. The maximum Gasteiger partial charge on any atom is 0.344 e. The lowest BCUT2D eigenvalue weighted by Gasteiger charge is -2.05. The van der Waals surface area contributed by atoms with Crippen molar-refractivity contribution in [1.29, 1.82) is 0 Å². The molecule has 0 N–H and O–H groups in total.